The van der Waals surface area contributed by atoms with Crippen LogP contribution >= 0.6 is 11.3 Å². The molecular formula is C21H19N3O5S2. The quantitative estimate of drug-likeness (QED) is 0.582. The Hall–Kier alpha value is -3.11. The molecule has 0 bridgehead atoms. The number of hydrogen-bond acceptors (Lipinski definition) is 7. The Morgan fingerprint density at radius 3 is 2.68 bits per heavy atom. The van der Waals surface area contributed by atoms with Crippen molar-refractivity contribution in [3.05, 3.63) is 59.1 Å². The molecule has 160 valence electrons. The second-order valence-corrected chi connectivity index (χ2v) is 9.84. The Morgan fingerprint density at radius 1 is 1.06 bits per heavy atom. The maximum Gasteiger partial charge on any atom is 0.262 e. The maximum atomic E-state index is 12.8. The van der Waals surface area contributed by atoms with E-state index < -0.39 is 10.0 Å². The van der Waals surface area contributed by atoms with Crippen molar-refractivity contribution in [2.45, 2.75) is 23.7 Å². The normalized spacial score (nSPS) is 15.4. The third-order valence-corrected chi connectivity index (χ3v) is 7.09. The van der Waals surface area contributed by atoms with Crippen molar-refractivity contribution >= 4 is 38.1 Å². The average Bonchev–Trinajstić information content (AvgIpc) is 3.52. The lowest BCUT2D eigenvalue weighted by atomic mass is 10.2. The first-order valence-electron chi connectivity index (χ1n) is 9.77. The number of rotatable bonds is 6. The number of fused-ring (bicyclic) bond motifs is 1. The van der Waals surface area contributed by atoms with E-state index in [1.165, 1.54) is 29.5 Å². The molecule has 1 aliphatic carbocycles. The highest BCUT2D eigenvalue weighted by Gasteiger charge is 2.26. The van der Waals surface area contributed by atoms with Crippen LogP contribution in [0.1, 0.15) is 34.8 Å². The summed E-state index contributed by atoms with van der Waals surface area (Å²) in [7, 11) is -3.87. The number of nitrogens with one attached hydrogen (secondary N) is 2. The lowest BCUT2D eigenvalue weighted by Gasteiger charge is -2.19. The number of hydrogen-bond donors (Lipinski definition) is 2. The third kappa shape index (κ3) is 4.35. The van der Waals surface area contributed by atoms with Crippen LogP contribution in [-0.4, -0.2) is 32.5 Å². The first-order valence-corrected chi connectivity index (χ1v) is 12.1. The van der Waals surface area contributed by atoms with Crippen LogP contribution in [0.2, 0.25) is 0 Å². The number of ether oxygens (including phenoxy) is 2. The number of benzene rings is 2. The summed E-state index contributed by atoms with van der Waals surface area (Å²) in [5, 5.41) is 5.28. The van der Waals surface area contributed by atoms with Crippen molar-refractivity contribution in [1.82, 2.24) is 4.98 Å². The van der Waals surface area contributed by atoms with Crippen LogP contribution in [0.3, 0.4) is 0 Å². The molecule has 8 nitrogen and oxygen atoms in total. The fraction of sp³-hybridized carbons (Fsp3) is 0.238. The monoisotopic (exact) mass is 457 g/mol. The number of amides is 1. The Kier molecular flexibility index (Phi) is 5.03. The van der Waals surface area contributed by atoms with Crippen molar-refractivity contribution in [3.8, 4) is 11.5 Å². The van der Waals surface area contributed by atoms with Gasteiger partial charge in [0.25, 0.3) is 15.9 Å². The molecule has 2 N–H and O–H groups in total. The lowest BCUT2D eigenvalue weighted by molar-refractivity contribution is 0.102. The largest absolute Gasteiger partial charge is 0.486 e. The number of anilines is 2. The molecule has 2 heterocycles. The van der Waals surface area contributed by atoms with Gasteiger partial charge in [-0.25, -0.2) is 13.4 Å². The molecule has 1 aliphatic heterocycles. The summed E-state index contributed by atoms with van der Waals surface area (Å²) in [6.07, 6.45) is 2.28. The van der Waals surface area contributed by atoms with E-state index in [9.17, 15) is 13.2 Å². The van der Waals surface area contributed by atoms with E-state index in [0.717, 1.165) is 18.5 Å². The van der Waals surface area contributed by atoms with E-state index in [-0.39, 0.29) is 16.5 Å². The van der Waals surface area contributed by atoms with E-state index in [1.807, 2.05) is 5.38 Å². The van der Waals surface area contributed by atoms with E-state index in [0.29, 0.717) is 41.3 Å². The molecule has 0 saturated heterocycles. The fourth-order valence-corrected chi connectivity index (χ4v) is 5.06. The fourth-order valence-electron chi connectivity index (χ4n) is 3.21. The van der Waals surface area contributed by atoms with Crippen molar-refractivity contribution in [2.24, 2.45) is 0 Å². The number of carbonyl (C=O) groups excluding carboxylic acids is 1. The number of aromatic nitrogens is 1. The van der Waals surface area contributed by atoms with Crippen molar-refractivity contribution in [1.29, 1.82) is 0 Å². The second-order valence-electron chi connectivity index (χ2n) is 7.30. The highest BCUT2D eigenvalue weighted by molar-refractivity contribution is 7.92. The summed E-state index contributed by atoms with van der Waals surface area (Å²) in [6, 6.07) is 10.7. The zero-order chi connectivity index (χ0) is 21.4. The minimum absolute atomic E-state index is 0.0435. The van der Waals surface area contributed by atoms with E-state index in [2.05, 4.69) is 15.0 Å². The van der Waals surface area contributed by atoms with Crippen LogP contribution in [0.4, 0.5) is 10.8 Å². The van der Waals surface area contributed by atoms with E-state index in [1.54, 1.807) is 24.3 Å². The number of nitrogens with zero attached hydrogens (tertiary/aromatic N) is 1. The van der Waals surface area contributed by atoms with Crippen LogP contribution in [0.25, 0.3) is 0 Å². The van der Waals surface area contributed by atoms with Crippen molar-refractivity contribution in [3.63, 3.8) is 0 Å². The van der Waals surface area contributed by atoms with Gasteiger partial charge < -0.3 is 9.47 Å². The molecule has 0 atom stereocenters. The summed E-state index contributed by atoms with van der Waals surface area (Å²) in [5.41, 5.74) is 1.62. The van der Waals surface area contributed by atoms with Gasteiger partial charge in [-0.1, -0.05) is 6.07 Å². The predicted octanol–water partition coefficient (Wildman–Crippen LogP) is 3.84. The topological polar surface area (TPSA) is 107 Å². The Morgan fingerprint density at radius 2 is 1.87 bits per heavy atom. The predicted molar refractivity (Wildman–Crippen MR) is 117 cm³/mol. The van der Waals surface area contributed by atoms with E-state index >= 15 is 0 Å². The number of sulfonamides is 1. The van der Waals surface area contributed by atoms with Crippen molar-refractivity contribution in [2.75, 3.05) is 23.3 Å². The molecule has 1 saturated carbocycles. The summed E-state index contributed by atoms with van der Waals surface area (Å²) >= 11 is 1.39. The minimum Gasteiger partial charge on any atom is -0.486 e. The SMILES string of the molecule is O=C(Nc1nc(C2CC2)cs1)c1cccc(NS(=O)(=O)c2ccc3c(c2)OCCO3)c1. The molecule has 2 aromatic carbocycles. The molecule has 2 aliphatic rings. The molecule has 10 heteroatoms. The molecule has 0 radical (unpaired) electrons. The molecule has 0 unspecified atom stereocenters. The van der Waals surface area contributed by atoms with Gasteiger partial charge in [-0.05, 0) is 43.2 Å². The van der Waals surface area contributed by atoms with Gasteiger partial charge >= 0.3 is 0 Å². The summed E-state index contributed by atoms with van der Waals surface area (Å²) in [4.78, 5) is 17.1. The molecule has 5 rings (SSSR count). The number of carbonyl (C=O) groups is 1. The molecule has 1 amide bonds. The molecule has 1 fully saturated rings. The van der Waals surface area contributed by atoms with Gasteiger partial charge in [0.15, 0.2) is 16.6 Å². The Balaban J connectivity index is 1.31. The average molecular weight is 458 g/mol. The highest BCUT2D eigenvalue weighted by atomic mass is 32.2. The first kappa shape index (κ1) is 19.8. The lowest BCUT2D eigenvalue weighted by Crippen LogP contribution is -2.17. The smallest absolute Gasteiger partial charge is 0.262 e. The van der Waals surface area contributed by atoms with Crippen molar-refractivity contribution < 1.29 is 22.7 Å². The molecular weight excluding hydrogens is 438 g/mol. The van der Waals surface area contributed by atoms with Crippen LogP contribution in [-0.2, 0) is 10.0 Å². The van der Waals surface area contributed by atoms with Gasteiger partial charge in [-0.2, -0.15) is 0 Å². The van der Waals surface area contributed by atoms with Crippen LogP contribution in [0.5, 0.6) is 11.5 Å². The van der Waals surface area contributed by atoms with E-state index in [4.69, 9.17) is 9.47 Å². The summed E-state index contributed by atoms with van der Waals surface area (Å²) in [5.74, 6) is 1.06. The van der Waals surface area contributed by atoms with Gasteiger partial charge in [-0.15, -0.1) is 11.3 Å². The zero-order valence-corrected chi connectivity index (χ0v) is 18.0. The Labute approximate surface area is 183 Å². The van der Waals surface area contributed by atoms with Crippen LogP contribution in [0.15, 0.2) is 52.7 Å². The van der Waals surface area contributed by atoms with Gasteiger partial charge in [0.2, 0.25) is 0 Å². The van der Waals surface area contributed by atoms with Gasteiger partial charge in [0, 0.05) is 28.6 Å². The maximum absolute atomic E-state index is 12.8. The van der Waals surface area contributed by atoms with Gasteiger partial charge in [0.05, 0.1) is 10.6 Å². The summed E-state index contributed by atoms with van der Waals surface area (Å²) in [6.45, 7) is 0.789. The standard InChI is InChI=1S/C21H19N3O5S2/c25-20(23-21-22-17(12-30-21)13-4-5-13)14-2-1-3-15(10-14)24-31(26,27)16-6-7-18-19(11-16)29-9-8-28-18/h1-3,6-7,10-13,24H,4-5,8-9H2,(H,22,23,25). The van der Waals surface area contributed by atoms with Crippen LogP contribution in [0, 0.1) is 0 Å². The second kappa shape index (κ2) is 7.86. The highest BCUT2D eigenvalue weighted by Crippen LogP contribution is 2.41. The summed E-state index contributed by atoms with van der Waals surface area (Å²) < 4.78 is 39.0. The van der Waals surface area contributed by atoms with Gasteiger partial charge in [0.1, 0.15) is 13.2 Å². The molecule has 3 aromatic rings. The third-order valence-electron chi connectivity index (χ3n) is 4.94. The zero-order valence-electron chi connectivity index (χ0n) is 16.3. The van der Waals surface area contributed by atoms with Gasteiger partial charge in [-0.3, -0.25) is 14.8 Å². The van der Waals surface area contributed by atoms with Crippen LogP contribution < -0.4 is 19.5 Å². The molecule has 1 aromatic heterocycles. The minimum atomic E-state index is -3.87. The molecule has 31 heavy (non-hydrogen) atoms. The first-order chi connectivity index (χ1) is 15.0. The molecule has 0 spiro atoms. The Bertz CT molecular complexity index is 1250. The number of thiazole rings is 1.